The first-order valence-electron chi connectivity index (χ1n) is 8.42. The van der Waals surface area contributed by atoms with Crippen LogP contribution in [0.1, 0.15) is 55.7 Å². The van der Waals surface area contributed by atoms with Gasteiger partial charge in [0.15, 0.2) is 5.65 Å². The van der Waals surface area contributed by atoms with Crippen molar-refractivity contribution in [3.8, 4) is 0 Å². The molecule has 3 rings (SSSR count). The van der Waals surface area contributed by atoms with Gasteiger partial charge in [0.05, 0.1) is 22.8 Å². The number of carbonyl (C=O) groups is 1. The van der Waals surface area contributed by atoms with Crippen molar-refractivity contribution in [2.45, 2.75) is 39.7 Å². The number of fused-ring (bicyclic) bond motifs is 1. The molecule has 0 fully saturated rings. The zero-order valence-corrected chi connectivity index (χ0v) is 16.6. The lowest BCUT2D eigenvalue weighted by Crippen LogP contribution is -2.14. The van der Waals surface area contributed by atoms with E-state index >= 15 is 0 Å². The summed E-state index contributed by atoms with van der Waals surface area (Å²) in [5.41, 5.74) is 2.52. The fourth-order valence-corrected chi connectivity index (χ4v) is 3.13. The Morgan fingerprint density at radius 1 is 1.23 bits per heavy atom. The van der Waals surface area contributed by atoms with Crippen LogP contribution >= 0.6 is 15.9 Å². The second-order valence-corrected chi connectivity index (χ2v) is 7.60. The number of halogens is 2. The number of amides is 1. The number of nitrogens with one attached hydrogen (secondary N) is 1. The van der Waals surface area contributed by atoms with Gasteiger partial charge in [-0.2, -0.15) is 5.10 Å². The topological polar surface area (TPSA) is 59.8 Å². The molecule has 0 saturated carbocycles. The second kappa shape index (κ2) is 7.15. The molecular weight excluding hydrogens is 399 g/mol. The van der Waals surface area contributed by atoms with Gasteiger partial charge in [0.1, 0.15) is 5.82 Å². The van der Waals surface area contributed by atoms with Crippen LogP contribution in [0, 0.1) is 5.82 Å². The Bertz CT molecular complexity index is 981. The summed E-state index contributed by atoms with van der Waals surface area (Å²) < 4.78 is 15.6. The predicted octanol–water partition coefficient (Wildman–Crippen LogP) is 5.29. The summed E-state index contributed by atoms with van der Waals surface area (Å²) in [7, 11) is 0. The van der Waals surface area contributed by atoms with Gasteiger partial charge in [-0.15, -0.1) is 0 Å². The van der Waals surface area contributed by atoms with Crippen molar-refractivity contribution < 1.29 is 9.18 Å². The van der Waals surface area contributed by atoms with Crippen LogP contribution in [0.25, 0.3) is 11.0 Å². The molecule has 0 aliphatic rings. The van der Waals surface area contributed by atoms with Crippen LogP contribution in [0.2, 0.25) is 0 Å². The van der Waals surface area contributed by atoms with E-state index in [1.807, 2.05) is 32.4 Å². The molecule has 0 radical (unpaired) electrons. The van der Waals surface area contributed by atoms with Crippen LogP contribution in [-0.4, -0.2) is 20.7 Å². The second-order valence-electron chi connectivity index (χ2n) is 6.75. The third-order valence-electron chi connectivity index (χ3n) is 4.09. The van der Waals surface area contributed by atoms with Crippen LogP contribution < -0.4 is 5.32 Å². The van der Waals surface area contributed by atoms with E-state index in [2.05, 4.69) is 26.3 Å². The van der Waals surface area contributed by atoms with E-state index in [9.17, 15) is 9.18 Å². The summed E-state index contributed by atoms with van der Waals surface area (Å²) >= 11 is 3.28. The molecule has 2 heterocycles. The number of anilines is 1. The summed E-state index contributed by atoms with van der Waals surface area (Å²) in [4.78, 5) is 17.6. The van der Waals surface area contributed by atoms with Gasteiger partial charge in [-0.25, -0.2) is 14.1 Å². The molecule has 0 atom stereocenters. The van der Waals surface area contributed by atoms with Gasteiger partial charge in [0.25, 0.3) is 5.91 Å². The first-order valence-corrected chi connectivity index (χ1v) is 9.21. The highest BCUT2D eigenvalue weighted by Gasteiger charge is 2.19. The Balaban J connectivity index is 2.09. The Labute approximate surface area is 159 Å². The fraction of sp³-hybridized carbons (Fsp3) is 0.316. The third kappa shape index (κ3) is 3.49. The monoisotopic (exact) mass is 418 g/mol. The molecule has 0 spiro atoms. The van der Waals surface area contributed by atoms with E-state index in [0.717, 1.165) is 5.69 Å². The summed E-state index contributed by atoms with van der Waals surface area (Å²) in [5, 5.41) is 7.92. The van der Waals surface area contributed by atoms with Gasteiger partial charge >= 0.3 is 0 Å². The maximum atomic E-state index is 13.3. The zero-order chi connectivity index (χ0) is 19.0. The smallest absolute Gasteiger partial charge is 0.256 e. The van der Waals surface area contributed by atoms with E-state index in [1.54, 1.807) is 12.3 Å². The van der Waals surface area contributed by atoms with Crippen molar-refractivity contribution in [2.75, 3.05) is 5.32 Å². The maximum absolute atomic E-state index is 13.3. The fourth-order valence-electron chi connectivity index (χ4n) is 2.68. The summed E-state index contributed by atoms with van der Waals surface area (Å²) in [6, 6.07) is 6.07. The Hall–Kier alpha value is -2.28. The van der Waals surface area contributed by atoms with Gasteiger partial charge in [0, 0.05) is 16.2 Å². The van der Waals surface area contributed by atoms with Crippen LogP contribution in [0.15, 0.2) is 34.9 Å². The van der Waals surface area contributed by atoms with E-state index in [1.165, 1.54) is 18.2 Å². The van der Waals surface area contributed by atoms with Crippen molar-refractivity contribution in [1.29, 1.82) is 0 Å². The Morgan fingerprint density at radius 3 is 2.58 bits per heavy atom. The molecule has 0 aliphatic carbocycles. The van der Waals surface area contributed by atoms with E-state index in [-0.39, 0.29) is 23.7 Å². The molecular formula is C19H20BrFN4O. The number of rotatable bonds is 4. The summed E-state index contributed by atoms with van der Waals surface area (Å²) in [6.45, 7) is 8.10. The molecule has 3 aromatic rings. The molecule has 1 amide bonds. The number of pyridine rings is 1. The summed E-state index contributed by atoms with van der Waals surface area (Å²) in [5.74, 6) is -0.490. The van der Waals surface area contributed by atoms with Crippen LogP contribution in [0.5, 0.6) is 0 Å². The average molecular weight is 419 g/mol. The Morgan fingerprint density at radius 2 is 1.96 bits per heavy atom. The van der Waals surface area contributed by atoms with E-state index in [0.29, 0.717) is 26.8 Å². The van der Waals surface area contributed by atoms with Crippen LogP contribution in [-0.2, 0) is 0 Å². The minimum absolute atomic E-state index is 0.129. The molecule has 1 aromatic carbocycles. The van der Waals surface area contributed by atoms with Crippen LogP contribution in [0.4, 0.5) is 10.1 Å². The molecule has 136 valence electrons. The highest BCUT2D eigenvalue weighted by Crippen LogP contribution is 2.27. The van der Waals surface area contributed by atoms with Crippen molar-refractivity contribution in [3.05, 3.63) is 52.0 Å². The molecule has 1 N–H and O–H groups in total. The average Bonchev–Trinajstić information content (AvgIpc) is 3.00. The highest BCUT2D eigenvalue weighted by molar-refractivity contribution is 9.10. The number of carbonyl (C=O) groups excluding carboxylic acids is 1. The quantitative estimate of drug-likeness (QED) is 0.625. The van der Waals surface area contributed by atoms with Crippen molar-refractivity contribution in [2.24, 2.45) is 0 Å². The molecule has 26 heavy (non-hydrogen) atoms. The zero-order valence-electron chi connectivity index (χ0n) is 15.0. The summed E-state index contributed by atoms with van der Waals surface area (Å²) in [6.07, 6.45) is 1.67. The SMILES string of the molecule is CC(C)c1cc(C(=O)Nc2ccc(F)cc2Br)c2cnn(C(C)C)c2n1. The lowest BCUT2D eigenvalue weighted by Gasteiger charge is -2.13. The normalized spacial score (nSPS) is 11.5. The first-order chi connectivity index (χ1) is 12.3. The largest absolute Gasteiger partial charge is 0.321 e. The van der Waals surface area contributed by atoms with Gasteiger partial charge in [-0.05, 0) is 60.0 Å². The number of benzene rings is 1. The van der Waals surface area contributed by atoms with Gasteiger partial charge in [-0.1, -0.05) is 13.8 Å². The van der Waals surface area contributed by atoms with Crippen molar-refractivity contribution in [1.82, 2.24) is 14.8 Å². The van der Waals surface area contributed by atoms with Gasteiger partial charge in [-0.3, -0.25) is 4.79 Å². The lowest BCUT2D eigenvalue weighted by atomic mass is 10.0. The van der Waals surface area contributed by atoms with Gasteiger partial charge < -0.3 is 5.32 Å². The van der Waals surface area contributed by atoms with E-state index < -0.39 is 0 Å². The Kier molecular flexibility index (Phi) is 5.09. The molecule has 0 bridgehead atoms. The van der Waals surface area contributed by atoms with Crippen molar-refractivity contribution >= 4 is 38.6 Å². The highest BCUT2D eigenvalue weighted by atomic mass is 79.9. The van der Waals surface area contributed by atoms with Gasteiger partial charge in [0.2, 0.25) is 0 Å². The minimum atomic E-state index is -0.374. The molecule has 5 nitrogen and oxygen atoms in total. The number of hydrogen-bond donors (Lipinski definition) is 1. The predicted molar refractivity (Wildman–Crippen MR) is 104 cm³/mol. The first kappa shape index (κ1) is 18.5. The maximum Gasteiger partial charge on any atom is 0.256 e. The molecule has 2 aromatic heterocycles. The molecule has 0 unspecified atom stereocenters. The molecule has 7 heteroatoms. The standard InChI is InChI=1S/C19H20BrFN4O/c1-10(2)17-8-13(14-9-22-25(11(3)4)18(14)23-17)19(26)24-16-6-5-12(21)7-15(16)20/h5-11H,1-4H3,(H,24,26). The van der Waals surface area contributed by atoms with Crippen molar-refractivity contribution in [3.63, 3.8) is 0 Å². The lowest BCUT2D eigenvalue weighted by molar-refractivity contribution is 0.102. The van der Waals surface area contributed by atoms with Crippen LogP contribution in [0.3, 0.4) is 0 Å². The number of hydrogen-bond acceptors (Lipinski definition) is 3. The van der Waals surface area contributed by atoms with E-state index in [4.69, 9.17) is 4.98 Å². The number of nitrogens with zero attached hydrogens (tertiary/aromatic N) is 3. The molecule has 0 saturated heterocycles. The molecule has 0 aliphatic heterocycles. The minimum Gasteiger partial charge on any atom is -0.321 e. The third-order valence-corrected chi connectivity index (χ3v) is 4.75. The number of aromatic nitrogens is 3.